The minimum absolute atomic E-state index is 0.412. The first kappa shape index (κ1) is 21.4. The summed E-state index contributed by atoms with van der Waals surface area (Å²) in [5.41, 5.74) is 1.64. The smallest absolute Gasteiger partial charge is 0.313 e. The van der Waals surface area contributed by atoms with E-state index in [4.69, 9.17) is 9.47 Å². The molecule has 0 aromatic heterocycles. The van der Waals surface area contributed by atoms with Crippen molar-refractivity contribution in [3.63, 3.8) is 0 Å². The first-order valence-electron chi connectivity index (χ1n) is 9.94. The van der Waals surface area contributed by atoms with Gasteiger partial charge in [-0.3, -0.25) is 14.5 Å². The Labute approximate surface area is 176 Å². The number of amides is 2. The summed E-state index contributed by atoms with van der Waals surface area (Å²) < 4.78 is 10.4. The molecule has 2 amide bonds. The summed E-state index contributed by atoms with van der Waals surface area (Å²) in [5, 5.41) is 5.25. The molecule has 8 heteroatoms. The van der Waals surface area contributed by atoms with Crippen LogP contribution in [-0.2, 0) is 9.59 Å². The number of carbonyl (C=O) groups is 2. The van der Waals surface area contributed by atoms with Crippen molar-refractivity contribution in [3.8, 4) is 11.5 Å². The summed E-state index contributed by atoms with van der Waals surface area (Å²) in [6.07, 6.45) is 0. The zero-order valence-corrected chi connectivity index (χ0v) is 17.4. The van der Waals surface area contributed by atoms with Gasteiger partial charge >= 0.3 is 11.8 Å². The first-order valence-corrected chi connectivity index (χ1v) is 9.94. The van der Waals surface area contributed by atoms with Gasteiger partial charge in [-0.05, 0) is 24.3 Å². The van der Waals surface area contributed by atoms with Crippen molar-refractivity contribution in [3.05, 3.63) is 48.5 Å². The van der Waals surface area contributed by atoms with E-state index in [2.05, 4.69) is 32.6 Å². The van der Waals surface area contributed by atoms with Gasteiger partial charge in [0, 0.05) is 51.0 Å². The topological polar surface area (TPSA) is 83.1 Å². The van der Waals surface area contributed by atoms with Gasteiger partial charge in [-0.1, -0.05) is 18.2 Å². The minimum atomic E-state index is -0.729. The second kappa shape index (κ2) is 10.5. The Bertz CT molecular complexity index is 851. The second-order valence-electron chi connectivity index (χ2n) is 6.94. The highest BCUT2D eigenvalue weighted by molar-refractivity contribution is 6.39. The summed E-state index contributed by atoms with van der Waals surface area (Å²) in [7, 11) is 3.03. The predicted octanol–water partition coefficient (Wildman–Crippen LogP) is 1.58. The molecular formula is C22H28N4O4. The number of hydrogen-bond donors (Lipinski definition) is 2. The molecule has 8 nitrogen and oxygen atoms in total. The fourth-order valence-corrected chi connectivity index (χ4v) is 3.36. The van der Waals surface area contributed by atoms with Crippen LogP contribution in [0.5, 0.6) is 11.5 Å². The number of methoxy groups -OCH3 is 2. The Kier molecular flexibility index (Phi) is 7.51. The van der Waals surface area contributed by atoms with Crippen LogP contribution < -0.4 is 25.0 Å². The number of nitrogens with one attached hydrogen (secondary N) is 2. The maximum atomic E-state index is 12.2. The molecule has 2 aromatic rings. The van der Waals surface area contributed by atoms with E-state index in [1.165, 1.54) is 12.8 Å². The lowest BCUT2D eigenvalue weighted by Gasteiger charge is -2.36. The molecule has 1 fully saturated rings. The zero-order chi connectivity index (χ0) is 21.3. The van der Waals surface area contributed by atoms with Gasteiger partial charge in [0.2, 0.25) is 0 Å². The maximum absolute atomic E-state index is 12.2. The van der Waals surface area contributed by atoms with Crippen molar-refractivity contribution in [1.82, 2.24) is 10.2 Å². The number of ether oxygens (including phenoxy) is 2. The van der Waals surface area contributed by atoms with Crippen LogP contribution in [0.1, 0.15) is 0 Å². The molecule has 1 aliphatic heterocycles. The quantitative estimate of drug-likeness (QED) is 0.672. The normalized spacial score (nSPS) is 14.1. The molecular weight excluding hydrogens is 384 g/mol. The average molecular weight is 412 g/mol. The lowest BCUT2D eigenvalue weighted by Crippen LogP contribution is -2.49. The largest absolute Gasteiger partial charge is 0.497 e. The minimum Gasteiger partial charge on any atom is -0.497 e. The third-order valence-electron chi connectivity index (χ3n) is 5.07. The van der Waals surface area contributed by atoms with Gasteiger partial charge in [0.15, 0.2) is 0 Å². The Hall–Kier alpha value is -3.26. The summed E-state index contributed by atoms with van der Waals surface area (Å²) in [6, 6.07) is 15.3. The highest BCUT2D eigenvalue weighted by Crippen LogP contribution is 2.28. The molecule has 3 rings (SSSR count). The second-order valence-corrected chi connectivity index (χ2v) is 6.94. The summed E-state index contributed by atoms with van der Waals surface area (Å²) in [6.45, 7) is 4.83. The van der Waals surface area contributed by atoms with Gasteiger partial charge < -0.3 is 25.0 Å². The molecule has 0 radical (unpaired) electrons. The lowest BCUT2D eigenvalue weighted by atomic mass is 10.2. The molecule has 1 aliphatic rings. The lowest BCUT2D eigenvalue weighted by molar-refractivity contribution is -0.136. The number of piperazine rings is 1. The number of hydrogen-bond acceptors (Lipinski definition) is 6. The first-order chi connectivity index (χ1) is 14.6. The number of rotatable bonds is 7. The van der Waals surface area contributed by atoms with Crippen LogP contribution >= 0.6 is 0 Å². The van der Waals surface area contributed by atoms with Crippen molar-refractivity contribution in [1.29, 1.82) is 0 Å². The van der Waals surface area contributed by atoms with Crippen molar-refractivity contribution in [2.45, 2.75) is 0 Å². The van der Waals surface area contributed by atoms with Gasteiger partial charge in [0.25, 0.3) is 0 Å². The fourth-order valence-electron chi connectivity index (χ4n) is 3.36. The Morgan fingerprint density at radius 1 is 0.933 bits per heavy atom. The Morgan fingerprint density at radius 3 is 2.33 bits per heavy atom. The molecule has 2 aromatic carbocycles. The number of benzene rings is 2. The third-order valence-corrected chi connectivity index (χ3v) is 5.07. The van der Waals surface area contributed by atoms with Crippen LogP contribution in [0.2, 0.25) is 0 Å². The third kappa shape index (κ3) is 5.64. The molecule has 0 aliphatic carbocycles. The van der Waals surface area contributed by atoms with Gasteiger partial charge in [-0.15, -0.1) is 0 Å². The number of anilines is 2. The number of nitrogens with zero attached hydrogens (tertiary/aromatic N) is 2. The molecule has 0 atom stereocenters. The van der Waals surface area contributed by atoms with Crippen LogP contribution in [0.25, 0.3) is 0 Å². The van der Waals surface area contributed by atoms with Gasteiger partial charge in [-0.2, -0.15) is 0 Å². The predicted molar refractivity (Wildman–Crippen MR) is 116 cm³/mol. The standard InChI is InChI=1S/C22H28N4O4/c1-29-18-8-9-19(20(16-18)30-2)24-22(28)21(27)23-10-11-25-12-14-26(15-13-25)17-6-4-3-5-7-17/h3-9,16H,10-15H2,1-2H3,(H,23,27)(H,24,28). The molecule has 160 valence electrons. The van der Waals surface area contributed by atoms with E-state index in [9.17, 15) is 9.59 Å². The van der Waals surface area contributed by atoms with Gasteiger partial charge in [0.1, 0.15) is 11.5 Å². The summed E-state index contributed by atoms with van der Waals surface area (Å²) >= 11 is 0. The molecule has 0 saturated carbocycles. The van der Waals surface area contributed by atoms with E-state index in [0.29, 0.717) is 30.3 Å². The van der Waals surface area contributed by atoms with Crippen LogP contribution in [-0.4, -0.2) is 70.2 Å². The van der Waals surface area contributed by atoms with Crippen LogP contribution in [0, 0.1) is 0 Å². The van der Waals surface area contributed by atoms with Crippen molar-refractivity contribution < 1.29 is 19.1 Å². The van der Waals surface area contributed by atoms with E-state index in [0.717, 1.165) is 26.2 Å². The number of para-hydroxylation sites is 1. The average Bonchev–Trinajstić information content (AvgIpc) is 2.80. The molecule has 0 spiro atoms. The maximum Gasteiger partial charge on any atom is 0.313 e. The molecule has 1 saturated heterocycles. The van der Waals surface area contributed by atoms with Crippen molar-refractivity contribution in [2.75, 3.05) is 63.7 Å². The zero-order valence-electron chi connectivity index (χ0n) is 17.4. The Balaban J connectivity index is 1.40. The van der Waals surface area contributed by atoms with Crippen molar-refractivity contribution in [2.24, 2.45) is 0 Å². The summed E-state index contributed by atoms with van der Waals surface area (Å²) in [5.74, 6) is -0.378. The molecule has 0 unspecified atom stereocenters. The van der Waals surface area contributed by atoms with Gasteiger partial charge in [-0.25, -0.2) is 0 Å². The highest BCUT2D eigenvalue weighted by atomic mass is 16.5. The van der Waals surface area contributed by atoms with Crippen LogP contribution in [0.4, 0.5) is 11.4 Å². The molecule has 1 heterocycles. The summed E-state index contributed by atoms with van der Waals surface area (Å²) in [4.78, 5) is 29.0. The monoisotopic (exact) mass is 412 g/mol. The highest BCUT2D eigenvalue weighted by Gasteiger charge is 2.19. The van der Waals surface area contributed by atoms with E-state index in [1.54, 1.807) is 25.3 Å². The van der Waals surface area contributed by atoms with E-state index < -0.39 is 11.8 Å². The SMILES string of the molecule is COc1ccc(NC(=O)C(=O)NCCN2CCN(c3ccccc3)CC2)c(OC)c1. The van der Waals surface area contributed by atoms with E-state index in [1.807, 2.05) is 18.2 Å². The van der Waals surface area contributed by atoms with Gasteiger partial charge in [0.05, 0.1) is 19.9 Å². The number of carbonyl (C=O) groups excluding carboxylic acids is 2. The molecule has 0 bridgehead atoms. The van der Waals surface area contributed by atoms with Crippen LogP contribution in [0.3, 0.4) is 0 Å². The van der Waals surface area contributed by atoms with Crippen LogP contribution in [0.15, 0.2) is 48.5 Å². The van der Waals surface area contributed by atoms with E-state index >= 15 is 0 Å². The molecule has 30 heavy (non-hydrogen) atoms. The fraction of sp³-hybridized carbons (Fsp3) is 0.364. The van der Waals surface area contributed by atoms with E-state index in [-0.39, 0.29) is 0 Å². The van der Waals surface area contributed by atoms with Crippen molar-refractivity contribution >= 4 is 23.2 Å². The molecule has 2 N–H and O–H groups in total. The Morgan fingerprint density at radius 2 is 1.67 bits per heavy atom.